The number of hydrogen-bond donors (Lipinski definition) is 0. The molecule has 142 valence electrons. The molecule has 0 saturated carbocycles. The zero-order valence-corrected chi connectivity index (χ0v) is 15.8. The molecule has 2 aromatic heterocycles. The summed E-state index contributed by atoms with van der Waals surface area (Å²) in [7, 11) is 0. The van der Waals surface area contributed by atoms with Gasteiger partial charge in [-0.25, -0.2) is 0 Å². The molecule has 1 amide bonds. The molecule has 1 atom stereocenters. The monoisotopic (exact) mass is 373 g/mol. The van der Waals surface area contributed by atoms with Crippen molar-refractivity contribution in [2.45, 2.75) is 25.9 Å². The molecule has 0 radical (unpaired) electrons. The van der Waals surface area contributed by atoms with E-state index in [1.165, 1.54) is 5.56 Å². The lowest BCUT2D eigenvalue weighted by Crippen LogP contribution is -2.36. The van der Waals surface area contributed by atoms with Gasteiger partial charge in [0.2, 0.25) is 5.91 Å². The lowest BCUT2D eigenvalue weighted by atomic mass is 9.85. The van der Waals surface area contributed by atoms with E-state index in [9.17, 15) is 4.79 Å². The topological polar surface area (TPSA) is 62.2 Å². The van der Waals surface area contributed by atoms with Gasteiger partial charge in [-0.05, 0) is 49.2 Å². The molecule has 0 bridgehead atoms. The SMILES string of the molecule is O=C1N(Cc2ccccn2)CCC12CCN(Cc1ccc3nccnc3c1)C2. The first-order valence-electron chi connectivity index (χ1n) is 9.83. The molecular formula is C22H23N5O. The maximum absolute atomic E-state index is 13.2. The molecule has 3 aromatic rings. The normalized spacial score (nSPS) is 22.6. The molecule has 1 aromatic carbocycles. The van der Waals surface area contributed by atoms with Crippen LogP contribution in [-0.4, -0.2) is 50.3 Å². The zero-order chi connectivity index (χ0) is 19.0. The number of likely N-dealkylation sites (tertiary alicyclic amines) is 2. The summed E-state index contributed by atoms with van der Waals surface area (Å²) in [6, 6.07) is 12.1. The molecule has 2 aliphatic rings. The van der Waals surface area contributed by atoms with Crippen LogP contribution in [0.2, 0.25) is 0 Å². The Morgan fingerprint density at radius 1 is 0.893 bits per heavy atom. The van der Waals surface area contributed by atoms with Crippen molar-refractivity contribution >= 4 is 16.9 Å². The van der Waals surface area contributed by atoms with Gasteiger partial charge < -0.3 is 4.90 Å². The first kappa shape index (κ1) is 17.3. The Hall–Kier alpha value is -2.86. The Labute approximate surface area is 164 Å². The van der Waals surface area contributed by atoms with E-state index >= 15 is 0 Å². The highest BCUT2D eigenvalue weighted by atomic mass is 16.2. The fraction of sp³-hybridized carbons (Fsp3) is 0.364. The minimum Gasteiger partial charge on any atom is -0.336 e. The highest BCUT2D eigenvalue weighted by Crippen LogP contribution is 2.41. The molecule has 2 fully saturated rings. The third-order valence-electron chi connectivity index (χ3n) is 6.05. The van der Waals surface area contributed by atoms with Gasteiger partial charge in [0.15, 0.2) is 0 Å². The smallest absolute Gasteiger partial charge is 0.230 e. The summed E-state index contributed by atoms with van der Waals surface area (Å²) in [4.78, 5) is 30.7. The van der Waals surface area contributed by atoms with Crippen LogP contribution in [-0.2, 0) is 17.9 Å². The van der Waals surface area contributed by atoms with Crippen molar-refractivity contribution in [3.8, 4) is 0 Å². The van der Waals surface area contributed by atoms with Crippen LogP contribution in [0.3, 0.4) is 0 Å². The Morgan fingerprint density at radius 3 is 2.61 bits per heavy atom. The van der Waals surface area contributed by atoms with Gasteiger partial charge in [0.05, 0.1) is 28.7 Å². The number of carbonyl (C=O) groups is 1. The summed E-state index contributed by atoms with van der Waals surface area (Å²) in [6.07, 6.45) is 7.12. The van der Waals surface area contributed by atoms with Crippen LogP contribution in [0.5, 0.6) is 0 Å². The van der Waals surface area contributed by atoms with Gasteiger partial charge in [0.25, 0.3) is 0 Å². The number of carbonyl (C=O) groups excluding carboxylic acids is 1. The first-order chi connectivity index (χ1) is 13.7. The summed E-state index contributed by atoms with van der Waals surface area (Å²) in [5, 5.41) is 0. The van der Waals surface area contributed by atoms with Crippen LogP contribution in [0.1, 0.15) is 24.1 Å². The van der Waals surface area contributed by atoms with Crippen molar-refractivity contribution in [3.05, 3.63) is 66.2 Å². The predicted octanol–water partition coefficient (Wildman–Crippen LogP) is 2.65. The van der Waals surface area contributed by atoms with Gasteiger partial charge in [0.1, 0.15) is 0 Å². The van der Waals surface area contributed by atoms with E-state index in [1.54, 1.807) is 18.6 Å². The molecular weight excluding hydrogens is 350 g/mol. The van der Waals surface area contributed by atoms with Crippen molar-refractivity contribution in [3.63, 3.8) is 0 Å². The summed E-state index contributed by atoms with van der Waals surface area (Å²) < 4.78 is 0. The van der Waals surface area contributed by atoms with E-state index in [1.807, 2.05) is 29.2 Å². The van der Waals surface area contributed by atoms with Crippen molar-refractivity contribution < 1.29 is 4.79 Å². The van der Waals surface area contributed by atoms with Crippen LogP contribution in [0.25, 0.3) is 11.0 Å². The first-order valence-corrected chi connectivity index (χ1v) is 9.83. The van der Waals surface area contributed by atoms with Crippen LogP contribution >= 0.6 is 0 Å². The second-order valence-corrected chi connectivity index (χ2v) is 7.92. The number of amides is 1. The number of fused-ring (bicyclic) bond motifs is 1. The number of rotatable bonds is 4. The second-order valence-electron chi connectivity index (χ2n) is 7.92. The van der Waals surface area contributed by atoms with Gasteiger partial charge in [-0.15, -0.1) is 0 Å². The Bertz CT molecular complexity index is 1010. The molecule has 0 N–H and O–H groups in total. The Kier molecular flexibility index (Phi) is 4.28. The fourth-order valence-electron chi connectivity index (χ4n) is 4.57. The van der Waals surface area contributed by atoms with Gasteiger partial charge >= 0.3 is 0 Å². The maximum atomic E-state index is 13.2. The minimum absolute atomic E-state index is 0.217. The fourth-order valence-corrected chi connectivity index (χ4v) is 4.57. The van der Waals surface area contributed by atoms with E-state index in [2.05, 4.69) is 32.0 Å². The summed E-state index contributed by atoms with van der Waals surface area (Å²) in [5.74, 6) is 0.296. The van der Waals surface area contributed by atoms with E-state index in [0.29, 0.717) is 12.5 Å². The number of benzene rings is 1. The molecule has 1 unspecified atom stereocenters. The average Bonchev–Trinajstić information content (AvgIpc) is 3.27. The maximum Gasteiger partial charge on any atom is 0.230 e. The van der Waals surface area contributed by atoms with Crippen molar-refractivity contribution in [2.24, 2.45) is 5.41 Å². The van der Waals surface area contributed by atoms with Gasteiger partial charge in [0, 0.05) is 38.2 Å². The third-order valence-corrected chi connectivity index (χ3v) is 6.05. The Morgan fingerprint density at radius 2 is 1.75 bits per heavy atom. The molecule has 6 heteroatoms. The van der Waals surface area contributed by atoms with Crippen LogP contribution in [0, 0.1) is 5.41 Å². The van der Waals surface area contributed by atoms with Crippen LogP contribution in [0.15, 0.2) is 55.0 Å². The van der Waals surface area contributed by atoms with E-state index < -0.39 is 0 Å². The molecule has 5 rings (SSSR count). The predicted molar refractivity (Wildman–Crippen MR) is 106 cm³/mol. The lowest BCUT2D eigenvalue weighted by Gasteiger charge is -2.23. The van der Waals surface area contributed by atoms with Crippen molar-refractivity contribution in [2.75, 3.05) is 19.6 Å². The summed E-state index contributed by atoms with van der Waals surface area (Å²) >= 11 is 0. The quantitative estimate of drug-likeness (QED) is 0.704. The lowest BCUT2D eigenvalue weighted by molar-refractivity contribution is -0.136. The molecule has 4 heterocycles. The molecule has 2 saturated heterocycles. The van der Waals surface area contributed by atoms with Crippen LogP contribution in [0.4, 0.5) is 0 Å². The molecule has 28 heavy (non-hydrogen) atoms. The highest BCUT2D eigenvalue weighted by molar-refractivity contribution is 5.85. The van der Waals surface area contributed by atoms with E-state index in [4.69, 9.17) is 0 Å². The third kappa shape index (κ3) is 3.14. The molecule has 1 spiro atoms. The average molecular weight is 373 g/mol. The van der Waals surface area contributed by atoms with Gasteiger partial charge in [-0.2, -0.15) is 0 Å². The Balaban J connectivity index is 1.26. The van der Waals surface area contributed by atoms with E-state index in [-0.39, 0.29) is 5.41 Å². The number of nitrogens with zero attached hydrogens (tertiary/aromatic N) is 5. The molecule has 2 aliphatic heterocycles. The summed E-state index contributed by atoms with van der Waals surface area (Å²) in [6.45, 7) is 4.09. The van der Waals surface area contributed by atoms with Crippen molar-refractivity contribution in [1.29, 1.82) is 0 Å². The molecule has 0 aliphatic carbocycles. The number of pyridine rings is 1. The van der Waals surface area contributed by atoms with Gasteiger partial charge in [-0.1, -0.05) is 12.1 Å². The van der Waals surface area contributed by atoms with Crippen molar-refractivity contribution in [1.82, 2.24) is 24.8 Å². The van der Waals surface area contributed by atoms with Gasteiger partial charge in [-0.3, -0.25) is 24.6 Å². The minimum atomic E-state index is -0.217. The standard InChI is InChI=1S/C22H23N5O/c28-21-22(7-12-27(21)15-18-3-1-2-8-23-18)6-11-26(16-22)14-17-4-5-19-20(13-17)25-10-9-24-19/h1-5,8-10,13H,6-7,11-12,14-16H2. The largest absolute Gasteiger partial charge is 0.336 e. The van der Waals surface area contributed by atoms with Crippen LogP contribution < -0.4 is 0 Å². The van der Waals surface area contributed by atoms with E-state index in [0.717, 1.165) is 55.7 Å². The number of aromatic nitrogens is 3. The summed E-state index contributed by atoms with van der Waals surface area (Å²) in [5.41, 5.74) is 3.80. The molecule has 6 nitrogen and oxygen atoms in total. The highest BCUT2D eigenvalue weighted by Gasteiger charge is 2.50. The second kappa shape index (κ2) is 6.95. The number of hydrogen-bond acceptors (Lipinski definition) is 5. The zero-order valence-electron chi connectivity index (χ0n) is 15.8.